The van der Waals surface area contributed by atoms with Gasteiger partial charge in [0, 0.05) is 12.1 Å². The van der Waals surface area contributed by atoms with E-state index in [0.717, 1.165) is 11.1 Å². The van der Waals surface area contributed by atoms with Gasteiger partial charge in [-0.1, -0.05) is 41.9 Å². The Kier molecular flexibility index (Phi) is 2.55. The molecule has 1 aliphatic rings. The summed E-state index contributed by atoms with van der Waals surface area (Å²) in [5.74, 6) is 0. The molecule has 0 heterocycles. The van der Waals surface area contributed by atoms with E-state index >= 15 is 0 Å². The molecule has 1 aliphatic carbocycles. The fourth-order valence-electron chi connectivity index (χ4n) is 1.71. The lowest BCUT2D eigenvalue weighted by atomic mass is 9.95. The predicted molar refractivity (Wildman–Crippen MR) is 64.1 cm³/mol. The van der Waals surface area contributed by atoms with E-state index < -0.39 is 5.00 Å². The highest BCUT2D eigenvalue weighted by atomic mass is 35.5. The second kappa shape index (κ2) is 3.72. The van der Waals surface area contributed by atoms with E-state index in [4.69, 9.17) is 23.1 Å². The molecule has 0 aliphatic heterocycles. The van der Waals surface area contributed by atoms with Crippen LogP contribution in [0, 0.1) is 0 Å². The lowest BCUT2D eigenvalue weighted by Crippen LogP contribution is -2.34. The molecule has 0 spiro atoms. The topological polar surface area (TPSA) is 52.0 Å². The first-order valence-corrected chi connectivity index (χ1v) is 5.17. The summed E-state index contributed by atoms with van der Waals surface area (Å²) in [4.78, 5) is -0.857. The summed E-state index contributed by atoms with van der Waals surface area (Å²) >= 11 is 6.09. The van der Waals surface area contributed by atoms with Crippen molar-refractivity contribution in [3.63, 3.8) is 0 Å². The van der Waals surface area contributed by atoms with Crippen LogP contribution in [0.1, 0.15) is 12.0 Å². The largest absolute Gasteiger partial charge is 0.402 e. The molecule has 0 saturated heterocycles. The summed E-state index contributed by atoms with van der Waals surface area (Å²) in [6.07, 6.45) is 4.26. The fourth-order valence-corrected chi connectivity index (χ4v) is 1.98. The number of hydrogen-bond acceptors (Lipinski definition) is 2. The van der Waals surface area contributed by atoms with Gasteiger partial charge in [0.1, 0.15) is 5.00 Å². The highest BCUT2D eigenvalue weighted by Crippen LogP contribution is 2.30. The molecule has 15 heavy (non-hydrogen) atoms. The van der Waals surface area contributed by atoms with Crippen LogP contribution >= 0.6 is 11.6 Å². The second-order valence-corrected chi connectivity index (χ2v) is 4.49. The Balaban J connectivity index is 2.42. The molecule has 4 N–H and O–H groups in total. The molecule has 0 amide bonds. The Morgan fingerprint density at radius 1 is 1.20 bits per heavy atom. The van der Waals surface area contributed by atoms with Gasteiger partial charge in [-0.2, -0.15) is 0 Å². The highest BCUT2D eigenvalue weighted by molar-refractivity contribution is 6.25. The Bertz CT molecular complexity index is 419. The first-order valence-electron chi connectivity index (χ1n) is 4.79. The number of alkyl halides is 1. The monoisotopic (exact) mass is 220 g/mol. The van der Waals surface area contributed by atoms with Crippen LogP contribution in [0.5, 0.6) is 0 Å². The van der Waals surface area contributed by atoms with Crippen molar-refractivity contribution in [2.75, 3.05) is 0 Å². The van der Waals surface area contributed by atoms with E-state index in [9.17, 15) is 0 Å². The van der Waals surface area contributed by atoms with Gasteiger partial charge >= 0.3 is 0 Å². The van der Waals surface area contributed by atoms with Crippen molar-refractivity contribution in [2.24, 2.45) is 11.5 Å². The Morgan fingerprint density at radius 3 is 2.47 bits per heavy atom. The Morgan fingerprint density at radius 2 is 1.87 bits per heavy atom. The Hall–Kier alpha value is -1.25. The van der Waals surface area contributed by atoms with E-state index in [0.29, 0.717) is 12.1 Å². The highest BCUT2D eigenvalue weighted by Gasteiger charge is 2.24. The third kappa shape index (κ3) is 2.41. The van der Waals surface area contributed by atoms with Crippen molar-refractivity contribution in [1.29, 1.82) is 0 Å². The van der Waals surface area contributed by atoms with Crippen molar-refractivity contribution in [3.05, 3.63) is 53.7 Å². The van der Waals surface area contributed by atoms with Gasteiger partial charge < -0.3 is 11.5 Å². The summed E-state index contributed by atoms with van der Waals surface area (Å²) in [5.41, 5.74) is 14.4. The molecule has 3 heteroatoms. The molecule has 2 rings (SSSR count). The second-order valence-electron chi connectivity index (χ2n) is 3.79. The minimum absolute atomic E-state index is 0.491. The molecule has 2 nitrogen and oxygen atoms in total. The van der Waals surface area contributed by atoms with Crippen LogP contribution in [-0.2, 0) is 0 Å². The van der Waals surface area contributed by atoms with Crippen LogP contribution in [0.4, 0.5) is 0 Å². The molecule has 1 aromatic rings. The van der Waals surface area contributed by atoms with Crippen molar-refractivity contribution < 1.29 is 0 Å². The SMILES string of the molecule is NC1=CC(c2ccccc2)=CC(N)(Cl)C1. The van der Waals surface area contributed by atoms with E-state index in [1.165, 1.54) is 0 Å². The maximum atomic E-state index is 6.09. The van der Waals surface area contributed by atoms with E-state index in [1.54, 1.807) is 0 Å². The first-order chi connectivity index (χ1) is 7.07. The predicted octanol–water partition coefficient (Wildman–Crippen LogP) is 2.21. The molecular weight excluding hydrogens is 208 g/mol. The number of halogens is 1. The molecule has 0 saturated carbocycles. The molecule has 0 fully saturated rings. The van der Waals surface area contributed by atoms with Crippen LogP contribution in [0.25, 0.3) is 5.57 Å². The van der Waals surface area contributed by atoms with Crippen molar-refractivity contribution >= 4 is 17.2 Å². The summed E-state index contributed by atoms with van der Waals surface area (Å²) in [6.45, 7) is 0. The lowest BCUT2D eigenvalue weighted by molar-refractivity contribution is 0.712. The fraction of sp³-hybridized carbons (Fsp3) is 0.167. The molecule has 1 atom stereocenters. The van der Waals surface area contributed by atoms with Gasteiger partial charge in [0.15, 0.2) is 0 Å². The lowest BCUT2D eigenvalue weighted by Gasteiger charge is -2.24. The van der Waals surface area contributed by atoms with Crippen LogP contribution in [0.2, 0.25) is 0 Å². The zero-order valence-electron chi connectivity index (χ0n) is 8.28. The number of benzene rings is 1. The van der Waals surface area contributed by atoms with Crippen LogP contribution in [0.15, 0.2) is 48.2 Å². The standard InChI is InChI=1S/C12H13ClN2/c13-12(15)7-10(6-11(14)8-12)9-4-2-1-3-5-9/h1-7H,8,14-15H2. The summed E-state index contributed by atoms with van der Waals surface area (Å²) in [6, 6.07) is 9.93. The van der Waals surface area contributed by atoms with Crippen molar-refractivity contribution in [1.82, 2.24) is 0 Å². The van der Waals surface area contributed by atoms with E-state index in [-0.39, 0.29) is 0 Å². The first kappa shape index (κ1) is 10.3. The summed E-state index contributed by atoms with van der Waals surface area (Å²) < 4.78 is 0. The minimum atomic E-state index is -0.857. The van der Waals surface area contributed by atoms with Gasteiger partial charge in [-0.15, -0.1) is 0 Å². The number of rotatable bonds is 1. The third-order valence-electron chi connectivity index (χ3n) is 2.32. The van der Waals surface area contributed by atoms with E-state index in [2.05, 4.69) is 0 Å². The summed E-state index contributed by atoms with van der Waals surface area (Å²) in [7, 11) is 0. The molecule has 78 valence electrons. The molecule has 1 aromatic carbocycles. The normalized spacial score (nSPS) is 25.7. The minimum Gasteiger partial charge on any atom is -0.402 e. The third-order valence-corrected chi connectivity index (χ3v) is 2.56. The number of nitrogens with two attached hydrogens (primary N) is 2. The molecule has 0 radical (unpaired) electrons. The van der Waals surface area contributed by atoms with Crippen LogP contribution in [0.3, 0.4) is 0 Å². The average Bonchev–Trinajstić information content (AvgIpc) is 2.16. The average molecular weight is 221 g/mol. The van der Waals surface area contributed by atoms with Gasteiger partial charge in [0.05, 0.1) is 0 Å². The zero-order chi connectivity index (χ0) is 10.9. The van der Waals surface area contributed by atoms with Crippen molar-refractivity contribution in [2.45, 2.75) is 11.4 Å². The molecule has 0 bridgehead atoms. The van der Waals surface area contributed by atoms with Gasteiger partial charge in [-0.05, 0) is 23.3 Å². The quantitative estimate of drug-likeness (QED) is 0.563. The van der Waals surface area contributed by atoms with Gasteiger partial charge in [0.2, 0.25) is 0 Å². The zero-order valence-corrected chi connectivity index (χ0v) is 9.04. The summed E-state index contributed by atoms with van der Waals surface area (Å²) in [5, 5.41) is 0. The van der Waals surface area contributed by atoms with Crippen LogP contribution < -0.4 is 11.5 Å². The molecule has 0 aromatic heterocycles. The maximum absolute atomic E-state index is 6.09. The van der Waals surface area contributed by atoms with Gasteiger partial charge in [-0.25, -0.2) is 0 Å². The van der Waals surface area contributed by atoms with E-state index in [1.807, 2.05) is 42.5 Å². The molecule has 1 unspecified atom stereocenters. The van der Waals surface area contributed by atoms with Gasteiger partial charge in [0.25, 0.3) is 0 Å². The van der Waals surface area contributed by atoms with Crippen LogP contribution in [-0.4, -0.2) is 5.00 Å². The molecular formula is C12H13ClN2. The number of allylic oxidation sites excluding steroid dienone is 2. The van der Waals surface area contributed by atoms with Crippen molar-refractivity contribution in [3.8, 4) is 0 Å². The smallest absolute Gasteiger partial charge is 0.116 e. The maximum Gasteiger partial charge on any atom is 0.116 e. The van der Waals surface area contributed by atoms with Gasteiger partial charge in [-0.3, -0.25) is 0 Å². The number of hydrogen-bond donors (Lipinski definition) is 2. The Labute approximate surface area is 94.2 Å².